The van der Waals surface area contributed by atoms with E-state index in [1.54, 1.807) is 11.3 Å². The van der Waals surface area contributed by atoms with E-state index in [0.717, 1.165) is 10.8 Å². The first kappa shape index (κ1) is 8.58. The summed E-state index contributed by atoms with van der Waals surface area (Å²) in [5.74, 6) is 0.0877. The van der Waals surface area contributed by atoms with Crippen molar-refractivity contribution in [3.8, 4) is 6.07 Å². The fraction of sp³-hybridized carbons (Fsp3) is 0.375. The summed E-state index contributed by atoms with van der Waals surface area (Å²) in [6, 6.07) is 6.03. The van der Waals surface area contributed by atoms with Crippen LogP contribution in [0.3, 0.4) is 0 Å². The Hall–Kier alpha value is -0.520. The molecule has 1 aromatic heterocycles. The van der Waals surface area contributed by atoms with Gasteiger partial charge >= 0.3 is 0 Å². The van der Waals surface area contributed by atoms with Crippen LogP contribution >= 0.6 is 22.9 Å². The van der Waals surface area contributed by atoms with Gasteiger partial charge in [-0.2, -0.15) is 5.26 Å². The minimum atomic E-state index is 0.0877. The zero-order chi connectivity index (χ0) is 8.27. The van der Waals surface area contributed by atoms with Gasteiger partial charge in [-0.05, 0) is 25.5 Å². The molecule has 1 atom stereocenters. The molecule has 11 heavy (non-hydrogen) atoms. The van der Waals surface area contributed by atoms with Crippen LogP contribution in [0.1, 0.15) is 11.8 Å². The molecule has 0 fully saturated rings. The Morgan fingerprint density at radius 2 is 2.45 bits per heavy atom. The summed E-state index contributed by atoms with van der Waals surface area (Å²) in [6.45, 7) is 1.91. The number of thiophene rings is 1. The van der Waals surface area contributed by atoms with E-state index in [9.17, 15) is 0 Å². The van der Waals surface area contributed by atoms with E-state index in [1.165, 1.54) is 4.88 Å². The van der Waals surface area contributed by atoms with E-state index >= 15 is 0 Å². The van der Waals surface area contributed by atoms with Crippen LogP contribution in [0.5, 0.6) is 0 Å². The van der Waals surface area contributed by atoms with Crippen LogP contribution in [-0.4, -0.2) is 0 Å². The Balaban J connectivity index is 2.59. The fourth-order valence-corrected chi connectivity index (χ4v) is 2.03. The number of hydrogen-bond acceptors (Lipinski definition) is 2. The molecule has 0 saturated carbocycles. The van der Waals surface area contributed by atoms with Crippen molar-refractivity contribution in [3.05, 3.63) is 21.3 Å². The summed E-state index contributed by atoms with van der Waals surface area (Å²) in [7, 11) is 0. The maximum Gasteiger partial charge on any atom is 0.0931 e. The first-order chi connectivity index (χ1) is 5.22. The van der Waals surface area contributed by atoms with Gasteiger partial charge in [0.15, 0.2) is 0 Å². The predicted molar refractivity (Wildman–Crippen MR) is 47.8 cm³/mol. The van der Waals surface area contributed by atoms with Gasteiger partial charge < -0.3 is 0 Å². The number of rotatable bonds is 2. The number of hydrogen-bond donors (Lipinski definition) is 0. The third kappa shape index (κ3) is 2.53. The molecule has 0 saturated heterocycles. The Morgan fingerprint density at radius 1 is 1.73 bits per heavy atom. The van der Waals surface area contributed by atoms with E-state index < -0.39 is 0 Å². The smallest absolute Gasteiger partial charge is 0.0931 e. The van der Waals surface area contributed by atoms with Crippen LogP contribution in [-0.2, 0) is 6.42 Å². The number of halogens is 1. The predicted octanol–water partition coefficient (Wildman–Crippen LogP) is 3.10. The molecule has 0 amide bonds. The molecule has 0 aliphatic heterocycles. The maximum absolute atomic E-state index is 8.52. The van der Waals surface area contributed by atoms with Crippen molar-refractivity contribution in [1.29, 1.82) is 5.26 Å². The van der Waals surface area contributed by atoms with Gasteiger partial charge in [0, 0.05) is 10.8 Å². The van der Waals surface area contributed by atoms with Gasteiger partial charge in [-0.15, -0.1) is 11.3 Å². The molecular weight excluding hydrogens is 178 g/mol. The minimum absolute atomic E-state index is 0.0877. The van der Waals surface area contributed by atoms with E-state index in [4.69, 9.17) is 16.9 Å². The van der Waals surface area contributed by atoms with E-state index in [0.29, 0.717) is 0 Å². The molecule has 1 unspecified atom stereocenters. The van der Waals surface area contributed by atoms with Crippen molar-refractivity contribution in [2.45, 2.75) is 13.3 Å². The first-order valence-electron chi connectivity index (χ1n) is 3.36. The van der Waals surface area contributed by atoms with Crippen LogP contribution in [0.4, 0.5) is 0 Å². The number of nitriles is 1. The second-order valence-electron chi connectivity index (χ2n) is 2.44. The highest BCUT2D eigenvalue weighted by Crippen LogP contribution is 2.23. The van der Waals surface area contributed by atoms with Crippen molar-refractivity contribution >= 4 is 22.9 Å². The lowest BCUT2D eigenvalue weighted by molar-refractivity contribution is 0.748. The second-order valence-corrected chi connectivity index (χ2v) is 4.24. The average molecular weight is 186 g/mol. The van der Waals surface area contributed by atoms with Gasteiger partial charge in [0.2, 0.25) is 0 Å². The van der Waals surface area contributed by atoms with Crippen LogP contribution < -0.4 is 0 Å². The maximum atomic E-state index is 8.52. The van der Waals surface area contributed by atoms with Crippen LogP contribution in [0, 0.1) is 17.2 Å². The topological polar surface area (TPSA) is 23.8 Å². The molecule has 1 aromatic rings. The van der Waals surface area contributed by atoms with Gasteiger partial charge in [-0.25, -0.2) is 0 Å². The Labute approximate surface area is 75.2 Å². The highest BCUT2D eigenvalue weighted by molar-refractivity contribution is 7.16. The fourth-order valence-electron chi connectivity index (χ4n) is 0.809. The Morgan fingerprint density at radius 3 is 2.91 bits per heavy atom. The third-order valence-electron chi connectivity index (χ3n) is 1.36. The minimum Gasteiger partial charge on any atom is -0.198 e. The average Bonchev–Trinajstić information content (AvgIpc) is 2.35. The van der Waals surface area contributed by atoms with Crippen LogP contribution in [0.25, 0.3) is 0 Å². The second kappa shape index (κ2) is 3.75. The molecule has 1 heterocycles. The summed E-state index contributed by atoms with van der Waals surface area (Å²) >= 11 is 7.27. The molecule has 0 aromatic carbocycles. The zero-order valence-corrected chi connectivity index (χ0v) is 7.75. The summed E-state index contributed by atoms with van der Waals surface area (Å²) in [4.78, 5) is 1.18. The molecular formula is C8H8ClNS. The zero-order valence-electron chi connectivity index (χ0n) is 6.17. The van der Waals surface area contributed by atoms with Crippen molar-refractivity contribution in [2.75, 3.05) is 0 Å². The quantitative estimate of drug-likeness (QED) is 0.695. The molecule has 0 aliphatic carbocycles. The summed E-state index contributed by atoms with van der Waals surface area (Å²) in [6.07, 6.45) is 0.813. The van der Waals surface area contributed by atoms with E-state index in [2.05, 4.69) is 6.07 Å². The van der Waals surface area contributed by atoms with Gasteiger partial charge in [-0.3, -0.25) is 0 Å². The van der Waals surface area contributed by atoms with Crippen molar-refractivity contribution in [1.82, 2.24) is 0 Å². The SMILES string of the molecule is CC(C#N)Cc1ccc(Cl)s1. The summed E-state index contributed by atoms with van der Waals surface area (Å²) in [5, 5.41) is 8.52. The van der Waals surface area contributed by atoms with Crippen LogP contribution in [0.2, 0.25) is 4.34 Å². The van der Waals surface area contributed by atoms with Crippen molar-refractivity contribution in [3.63, 3.8) is 0 Å². The Kier molecular flexibility index (Phi) is 2.92. The lowest BCUT2D eigenvalue weighted by atomic mass is 10.1. The molecule has 0 radical (unpaired) electrons. The lowest BCUT2D eigenvalue weighted by Gasteiger charge is -1.96. The van der Waals surface area contributed by atoms with Crippen molar-refractivity contribution in [2.24, 2.45) is 5.92 Å². The van der Waals surface area contributed by atoms with E-state index in [1.807, 2.05) is 19.1 Å². The molecule has 1 rings (SSSR count). The monoisotopic (exact) mass is 185 g/mol. The van der Waals surface area contributed by atoms with Gasteiger partial charge in [0.25, 0.3) is 0 Å². The van der Waals surface area contributed by atoms with Gasteiger partial charge in [-0.1, -0.05) is 11.6 Å². The normalized spacial score (nSPS) is 12.5. The molecule has 1 nitrogen and oxygen atoms in total. The first-order valence-corrected chi connectivity index (χ1v) is 4.55. The molecule has 58 valence electrons. The molecule has 3 heteroatoms. The highest BCUT2D eigenvalue weighted by Gasteiger charge is 2.03. The van der Waals surface area contributed by atoms with Gasteiger partial charge in [0.05, 0.1) is 10.4 Å². The summed E-state index contributed by atoms with van der Waals surface area (Å²) < 4.78 is 0.796. The van der Waals surface area contributed by atoms with Gasteiger partial charge in [0.1, 0.15) is 0 Å². The standard InChI is InChI=1S/C8H8ClNS/c1-6(5-10)4-7-2-3-8(9)11-7/h2-3,6H,4H2,1H3. The lowest BCUT2D eigenvalue weighted by Crippen LogP contribution is -1.92. The molecule has 0 bridgehead atoms. The van der Waals surface area contributed by atoms with Crippen LogP contribution in [0.15, 0.2) is 12.1 Å². The molecule has 0 N–H and O–H groups in total. The molecule has 0 spiro atoms. The third-order valence-corrected chi connectivity index (χ3v) is 2.61. The molecule has 0 aliphatic rings. The number of nitrogens with zero attached hydrogens (tertiary/aromatic N) is 1. The largest absolute Gasteiger partial charge is 0.198 e. The highest BCUT2D eigenvalue weighted by atomic mass is 35.5. The van der Waals surface area contributed by atoms with Crippen molar-refractivity contribution < 1.29 is 0 Å². The van der Waals surface area contributed by atoms with E-state index in [-0.39, 0.29) is 5.92 Å². The summed E-state index contributed by atoms with van der Waals surface area (Å²) in [5.41, 5.74) is 0. The Bertz CT molecular complexity index is 274.